The molecular weight excluding hydrogens is 228 g/mol. The molecule has 0 atom stereocenters. The average Bonchev–Trinajstić information content (AvgIpc) is 2.87. The van der Waals surface area contributed by atoms with Gasteiger partial charge in [0.1, 0.15) is 5.69 Å². The number of aliphatic imine (C=N–C) groups is 1. The normalized spacial score (nSPS) is 10.1. The van der Waals surface area contributed by atoms with Gasteiger partial charge in [-0.2, -0.15) is 0 Å². The topological polar surface area (TPSA) is 74.5 Å². The van der Waals surface area contributed by atoms with Crippen molar-refractivity contribution in [3.63, 3.8) is 0 Å². The zero-order valence-corrected chi connectivity index (χ0v) is 10.1. The minimum absolute atomic E-state index is 0.376. The molecule has 1 aromatic heterocycles. The van der Waals surface area contributed by atoms with Crippen molar-refractivity contribution in [2.24, 2.45) is 10.7 Å². The first-order chi connectivity index (χ1) is 8.63. The van der Waals surface area contributed by atoms with Crippen LogP contribution in [0.2, 0.25) is 0 Å². The molecule has 1 amide bonds. The zero-order chi connectivity index (χ0) is 13.1. The van der Waals surface area contributed by atoms with Crippen LogP contribution in [0, 0.1) is 0 Å². The summed E-state index contributed by atoms with van der Waals surface area (Å²) in [6.45, 7) is 3.54. The van der Waals surface area contributed by atoms with Gasteiger partial charge in [0.2, 0.25) is 0 Å². The Hall–Kier alpha value is -2.56. The van der Waals surface area contributed by atoms with Gasteiger partial charge in [0, 0.05) is 13.2 Å². The standard InChI is InChI=1S/C13H14N4O/c1-15-10-5-3-4-6-12(10)17(2)9-7-11(13(14)18)16-8-9/h3-8,16H,1H2,2H3,(H2,14,18). The molecule has 1 aromatic carbocycles. The number of nitrogens with two attached hydrogens (primary N) is 1. The van der Waals surface area contributed by atoms with E-state index in [-0.39, 0.29) is 0 Å². The highest BCUT2D eigenvalue weighted by atomic mass is 16.1. The minimum atomic E-state index is -0.482. The van der Waals surface area contributed by atoms with E-state index in [1.165, 1.54) is 0 Å². The van der Waals surface area contributed by atoms with Crippen molar-refractivity contribution in [3.8, 4) is 0 Å². The lowest BCUT2D eigenvalue weighted by atomic mass is 10.2. The number of aromatic nitrogens is 1. The number of aromatic amines is 1. The molecule has 1 heterocycles. The van der Waals surface area contributed by atoms with E-state index in [1.54, 1.807) is 12.3 Å². The first-order valence-corrected chi connectivity index (χ1v) is 5.41. The van der Waals surface area contributed by atoms with E-state index in [0.717, 1.165) is 17.1 Å². The third-order valence-corrected chi connectivity index (χ3v) is 2.73. The SMILES string of the molecule is C=Nc1ccccc1N(C)c1c[nH]c(C(N)=O)c1. The van der Waals surface area contributed by atoms with Gasteiger partial charge in [-0.1, -0.05) is 12.1 Å². The largest absolute Gasteiger partial charge is 0.364 e. The second-order valence-electron chi connectivity index (χ2n) is 3.84. The summed E-state index contributed by atoms with van der Waals surface area (Å²) in [5, 5.41) is 0. The molecule has 0 aliphatic heterocycles. The molecule has 92 valence electrons. The van der Waals surface area contributed by atoms with Crippen LogP contribution in [0.15, 0.2) is 41.5 Å². The number of nitrogens with one attached hydrogen (secondary N) is 1. The van der Waals surface area contributed by atoms with Crippen molar-refractivity contribution in [2.45, 2.75) is 0 Å². The number of amides is 1. The number of primary amides is 1. The number of para-hydroxylation sites is 2. The van der Waals surface area contributed by atoms with E-state index >= 15 is 0 Å². The summed E-state index contributed by atoms with van der Waals surface area (Å²) in [5.74, 6) is -0.482. The molecule has 0 saturated carbocycles. The van der Waals surface area contributed by atoms with E-state index in [1.807, 2.05) is 36.2 Å². The van der Waals surface area contributed by atoms with Gasteiger partial charge in [-0.25, -0.2) is 0 Å². The molecule has 18 heavy (non-hydrogen) atoms. The maximum absolute atomic E-state index is 11.0. The Bertz CT molecular complexity index is 588. The summed E-state index contributed by atoms with van der Waals surface area (Å²) in [5.41, 5.74) is 8.10. The minimum Gasteiger partial charge on any atom is -0.364 e. The Labute approximate surface area is 105 Å². The number of hydrogen-bond donors (Lipinski definition) is 2. The van der Waals surface area contributed by atoms with Crippen molar-refractivity contribution in [2.75, 3.05) is 11.9 Å². The molecular formula is C13H14N4O. The van der Waals surface area contributed by atoms with Crippen molar-refractivity contribution in [3.05, 3.63) is 42.2 Å². The van der Waals surface area contributed by atoms with Gasteiger partial charge < -0.3 is 15.6 Å². The highest BCUT2D eigenvalue weighted by Gasteiger charge is 2.11. The molecule has 5 nitrogen and oxygen atoms in total. The molecule has 0 bridgehead atoms. The maximum atomic E-state index is 11.0. The van der Waals surface area contributed by atoms with Crippen molar-refractivity contribution in [1.82, 2.24) is 4.98 Å². The highest BCUT2D eigenvalue weighted by Crippen LogP contribution is 2.32. The molecule has 0 saturated heterocycles. The number of hydrogen-bond acceptors (Lipinski definition) is 3. The van der Waals surface area contributed by atoms with E-state index in [9.17, 15) is 4.79 Å². The van der Waals surface area contributed by atoms with Crippen LogP contribution in [0.25, 0.3) is 0 Å². The smallest absolute Gasteiger partial charge is 0.265 e. The van der Waals surface area contributed by atoms with Crippen molar-refractivity contribution >= 4 is 29.7 Å². The summed E-state index contributed by atoms with van der Waals surface area (Å²) in [4.78, 5) is 19.7. The van der Waals surface area contributed by atoms with E-state index in [0.29, 0.717) is 5.69 Å². The van der Waals surface area contributed by atoms with Crippen LogP contribution in [0.3, 0.4) is 0 Å². The molecule has 0 radical (unpaired) electrons. The first kappa shape index (κ1) is 11.9. The van der Waals surface area contributed by atoms with Gasteiger partial charge in [0.25, 0.3) is 5.91 Å². The quantitative estimate of drug-likeness (QED) is 0.806. The summed E-state index contributed by atoms with van der Waals surface area (Å²) in [6, 6.07) is 9.32. The number of anilines is 2. The van der Waals surface area contributed by atoms with Gasteiger partial charge in [-0.05, 0) is 24.9 Å². The van der Waals surface area contributed by atoms with Crippen molar-refractivity contribution < 1.29 is 4.79 Å². The number of carbonyl (C=O) groups excluding carboxylic acids is 1. The van der Waals surface area contributed by atoms with Gasteiger partial charge in [0.05, 0.1) is 17.1 Å². The molecule has 0 fully saturated rings. The number of rotatable bonds is 4. The van der Waals surface area contributed by atoms with E-state index < -0.39 is 5.91 Å². The Balaban J connectivity index is 2.37. The van der Waals surface area contributed by atoms with Crippen molar-refractivity contribution in [1.29, 1.82) is 0 Å². The Morgan fingerprint density at radius 3 is 2.78 bits per heavy atom. The first-order valence-electron chi connectivity index (χ1n) is 5.41. The van der Waals surface area contributed by atoms with Crippen LogP contribution in [0.4, 0.5) is 17.1 Å². The van der Waals surface area contributed by atoms with Crippen LogP contribution < -0.4 is 10.6 Å². The molecule has 0 spiro atoms. The molecule has 0 aliphatic carbocycles. The lowest BCUT2D eigenvalue weighted by molar-refractivity contribution is 0.0996. The molecule has 0 aliphatic rings. The van der Waals surface area contributed by atoms with Crippen LogP contribution in [0.5, 0.6) is 0 Å². The summed E-state index contributed by atoms with van der Waals surface area (Å²) < 4.78 is 0. The van der Waals surface area contributed by atoms with Crippen LogP contribution in [-0.4, -0.2) is 24.7 Å². The third-order valence-electron chi connectivity index (χ3n) is 2.73. The third kappa shape index (κ3) is 2.10. The predicted molar refractivity (Wildman–Crippen MR) is 73.0 cm³/mol. The highest BCUT2D eigenvalue weighted by molar-refractivity contribution is 5.92. The molecule has 3 N–H and O–H groups in total. The second kappa shape index (κ2) is 4.75. The lowest BCUT2D eigenvalue weighted by Gasteiger charge is -2.19. The zero-order valence-electron chi connectivity index (χ0n) is 10.1. The van der Waals surface area contributed by atoms with Gasteiger partial charge in [-0.3, -0.25) is 9.79 Å². The Kier molecular flexibility index (Phi) is 3.14. The number of H-pyrrole nitrogens is 1. The lowest BCUT2D eigenvalue weighted by Crippen LogP contribution is -2.11. The van der Waals surface area contributed by atoms with Crippen LogP contribution >= 0.6 is 0 Å². The molecule has 2 aromatic rings. The fourth-order valence-electron chi connectivity index (χ4n) is 1.74. The Morgan fingerprint density at radius 1 is 1.44 bits per heavy atom. The van der Waals surface area contributed by atoms with E-state index in [2.05, 4.69) is 16.7 Å². The van der Waals surface area contributed by atoms with Gasteiger partial charge >= 0.3 is 0 Å². The summed E-state index contributed by atoms with van der Waals surface area (Å²) >= 11 is 0. The second-order valence-corrected chi connectivity index (χ2v) is 3.84. The number of benzene rings is 1. The summed E-state index contributed by atoms with van der Waals surface area (Å²) in [7, 11) is 1.89. The molecule has 2 rings (SSSR count). The van der Waals surface area contributed by atoms with Crippen LogP contribution in [0.1, 0.15) is 10.5 Å². The fraction of sp³-hybridized carbons (Fsp3) is 0.0769. The van der Waals surface area contributed by atoms with Crippen LogP contribution in [-0.2, 0) is 0 Å². The van der Waals surface area contributed by atoms with Gasteiger partial charge in [0.15, 0.2) is 0 Å². The predicted octanol–water partition coefficient (Wildman–Crippen LogP) is 2.21. The van der Waals surface area contributed by atoms with Gasteiger partial charge in [-0.15, -0.1) is 0 Å². The number of carbonyl (C=O) groups is 1. The fourth-order valence-corrected chi connectivity index (χ4v) is 1.74. The van der Waals surface area contributed by atoms with E-state index in [4.69, 9.17) is 5.73 Å². The summed E-state index contributed by atoms with van der Waals surface area (Å²) in [6.07, 6.45) is 1.72. The molecule has 5 heteroatoms. The molecule has 0 unspecified atom stereocenters. The maximum Gasteiger partial charge on any atom is 0.265 e. The number of nitrogens with zero attached hydrogens (tertiary/aromatic N) is 2. The average molecular weight is 242 g/mol. The monoisotopic (exact) mass is 242 g/mol. The Morgan fingerprint density at radius 2 is 2.17 bits per heavy atom.